The van der Waals surface area contributed by atoms with Crippen LogP contribution in [0, 0.1) is 10.1 Å². The topological polar surface area (TPSA) is 70.8 Å². The molecule has 1 fully saturated rings. The average Bonchev–Trinajstić information content (AvgIpc) is 2.98. The number of nitrogens with zero attached hydrogens (tertiary/aromatic N) is 3. The van der Waals surface area contributed by atoms with Gasteiger partial charge in [0.05, 0.1) is 4.92 Å². The Morgan fingerprint density at radius 1 is 1.53 bits per heavy atom. The number of alkyl halides is 1. The minimum absolute atomic E-state index is 0.0981. The number of nitro benzene ring substituents is 1. The molecule has 0 aromatic heterocycles. The Morgan fingerprint density at radius 3 is 2.89 bits per heavy atom. The largest absolute Gasteiger partial charge is 0.323 e. The van der Waals surface area contributed by atoms with Crippen LogP contribution in [0.25, 0.3) is 0 Å². The van der Waals surface area contributed by atoms with Gasteiger partial charge in [0.25, 0.3) is 5.69 Å². The van der Waals surface area contributed by atoms with Crippen molar-refractivity contribution in [1.29, 1.82) is 0 Å². The number of halogens is 1. The third-order valence-electron chi connectivity index (χ3n) is 3.07. The van der Waals surface area contributed by atoms with E-state index in [0.29, 0.717) is 5.25 Å². The van der Waals surface area contributed by atoms with E-state index in [-0.39, 0.29) is 11.2 Å². The molecule has 3 rings (SSSR count). The molecule has 2 aliphatic heterocycles. The first kappa shape index (κ1) is 12.7. The van der Waals surface area contributed by atoms with Crippen molar-refractivity contribution in [1.82, 2.24) is 10.3 Å². The molecule has 2 heterocycles. The summed E-state index contributed by atoms with van der Waals surface area (Å²) in [5.74, 6) is 0.857. The van der Waals surface area contributed by atoms with Gasteiger partial charge < -0.3 is 4.90 Å². The molecule has 100 valence electrons. The molecule has 8 heteroatoms. The molecular weight excluding hydrogens is 332 g/mol. The van der Waals surface area contributed by atoms with Gasteiger partial charge in [-0.25, -0.2) is 0 Å². The minimum Gasteiger partial charge on any atom is -0.323 e. The molecule has 1 aromatic carbocycles. The molecule has 2 aliphatic rings. The van der Waals surface area contributed by atoms with Crippen molar-refractivity contribution in [3.05, 3.63) is 39.9 Å². The van der Waals surface area contributed by atoms with Gasteiger partial charge in [-0.05, 0) is 12.1 Å². The molecule has 1 N–H and O–H groups in total. The zero-order valence-corrected chi connectivity index (χ0v) is 12.2. The Balaban J connectivity index is 1.81. The Hall–Kier alpha value is -1.28. The van der Waals surface area contributed by atoms with Crippen molar-refractivity contribution in [2.45, 2.75) is 10.7 Å². The molecule has 2 atom stereocenters. The minimum atomic E-state index is -0.395. The number of non-ortho nitro benzene ring substituents is 1. The quantitative estimate of drug-likeness (QED) is 0.516. The molecular formula is C11H11BrN4O2S. The van der Waals surface area contributed by atoms with Crippen LogP contribution >= 0.6 is 27.7 Å². The zero-order valence-electron chi connectivity index (χ0n) is 9.82. The van der Waals surface area contributed by atoms with Crippen LogP contribution in [0.3, 0.4) is 0 Å². The normalized spacial score (nSPS) is 24.9. The first-order valence-electron chi connectivity index (χ1n) is 5.75. The third kappa shape index (κ3) is 2.30. The van der Waals surface area contributed by atoms with Gasteiger partial charge in [0.2, 0.25) is 0 Å². The van der Waals surface area contributed by atoms with Crippen molar-refractivity contribution < 1.29 is 4.92 Å². The highest BCUT2D eigenvalue weighted by Gasteiger charge is 2.38. The zero-order chi connectivity index (χ0) is 13.4. The number of nitro groups is 1. The first-order valence-corrected chi connectivity index (χ1v) is 7.81. The predicted octanol–water partition coefficient (Wildman–Crippen LogP) is 1.96. The molecule has 0 spiro atoms. The molecule has 6 nitrogen and oxygen atoms in total. The summed E-state index contributed by atoms with van der Waals surface area (Å²) in [6.45, 7) is 0.920. The number of fused-ring (bicyclic) bond motifs is 1. The van der Waals surface area contributed by atoms with Crippen LogP contribution in [-0.4, -0.2) is 38.3 Å². The van der Waals surface area contributed by atoms with Gasteiger partial charge in [-0.2, -0.15) is 5.10 Å². The van der Waals surface area contributed by atoms with Crippen molar-refractivity contribution in [2.24, 2.45) is 5.10 Å². The van der Waals surface area contributed by atoms with Gasteiger partial charge in [0.15, 0.2) is 11.3 Å². The van der Waals surface area contributed by atoms with Gasteiger partial charge in [-0.3, -0.25) is 15.5 Å². The standard InChI is InChI=1S/C11H11BrN4O2S/c12-5-9-6-15-10(13-14-11(15)19-9)7-1-3-8(4-2-7)16(17)18/h1-4,9,11,14H,5-6H2. The Morgan fingerprint density at radius 2 is 2.26 bits per heavy atom. The Bertz CT molecular complexity index is 536. The summed E-state index contributed by atoms with van der Waals surface area (Å²) < 4.78 is 0. The van der Waals surface area contributed by atoms with Crippen molar-refractivity contribution in [3.8, 4) is 0 Å². The molecule has 0 radical (unpaired) electrons. The fourth-order valence-corrected chi connectivity index (χ4v) is 3.93. The number of amidine groups is 1. The summed E-state index contributed by atoms with van der Waals surface area (Å²) in [6.07, 6.45) is 0. The van der Waals surface area contributed by atoms with Gasteiger partial charge in [0, 0.05) is 34.8 Å². The number of benzene rings is 1. The van der Waals surface area contributed by atoms with Crippen LogP contribution < -0.4 is 5.43 Å². The molecule has 0 aliphatic carbocycles. The van der Waals surface area contributed by atoms with Crippen LogP contribution in [0.5, 0.6) is 0 Å². The highest BCUT2D eigenvalue weighted by Crippen LogP contribution is 2.34. The van der Waals surface area contributed by atoms with Gasteiger partial charge in [0.1, 0.15) is 0 Å². The molecule has 1 saturated heterocycles. The maximum absolute atomic E-state index is 10.6. The van der Waals surface area contributed by atoms with Gasteiger partial charge in [-0.1, -0.05) is 15.9 Å². The van der Waals surface area contributed by atoms with Gasteiger partial charge in [-0.15, -0.1) is 11.8 Å². The second kappa shape index (κ2) is 5.01. The summed E-state index contributed by atoms with van der Waals surface area (Å²) in [7, 11) is 0. The number of hydrazone groups is 1. The number of hydrogen-bond donors (Lipinski definition) is 1. The number of thioether (sulfide) groups is 1. The predicted molar refractivity (Wildman–Crippen MR) is 78.4 cm³/mol. The summed E-state index contributed by atoms with van der Waals surface area (Å²) in [5.41, 5.74) is 4.26. The third-order valence-corrected chi connectivity index (χ3v) is 5.59. The van der Waals surface area contributed by atoms with Crippen LogP contribution in [0.1, 0.15) is 5.56 Å². The van der Waals surface area contributed by atoms with E-state index in [4.69, 9.17) is 0 Å². The number of rotatable bonds is 3. The monoisotopic (exact) mass is 342 g/mol. The molecule has 0 saturated carbocycles. The van der Waals surface area contributed by atoms with E-state index in [1.807, 2.05) is 11.8 Å². The van der Waals surface area contributed by atoms with Gasteiger partial charge >= 0.3 is 0 Å². The lowest BCUT2D eigenvalue weighted by atomic mass is 10.2. The fourth-order valence-electron chi connectivity index (χ4n) is 2.14. The lowest BCUT2D eigenvalue weighted by Gasteiger charge is -2.17. The molecule has 1 aromatic rings. The molecule has 19 heavy (non-hydrogen) atoms. The van der Waals surface area contributed by atoms with Crippen molar-refractivity contribution in [2.75, 3.05) is 11.9 Å². The lowest BCUT2D eigenvalue weighted by Crippen LogP contribution is -2.34. The summed E-state index contributed by atoms with van der Waals surface area (Å²) >= 11 is 5.33. The van der Waals surface area contributed by atoms with E-state index in [1.54, 1.807) is 12.1 Å². The van der Waals surface area contributed by atoms with E-state index in [2.05, 4.69) is 31.4 Å². The lowest BCUT2D eigenvalue weighted by molar-refractivity contribution is -0.384. The highest BCUT2D eigenvalue weighted by atomic mass is 79.9. The molecule has 0 bridgehead atoms. The van der Waals surface area contributed by atoms with Crippen LogP contribution in [0.15, 0.2) is 29.4 Å². The van der Waals surface area contributed by atoms with Crippen molar-refractivity contribution in [3.63, 3.8) is 0 Å². The summed E-state index contributed by atoms with van der Waals surface area (Å²) in [6, 6.07) is 6.51. The Kier molecular flexibility index (Phi) is 3.36. The molecule has 0 amide bonds. The first-order chi connectivity index (χ1) is 9.19. The maximum Gasteiger partial charge on any atom is 0.269 e. The van der Waals surface area contributed by atoms with E-state index < -0.39 is 4.92 Å². The average molecular weight is 343 g/mol. The highest BCUT2D eigenvalue weighted by molar-refractivity contribution is 9.09. The Labute approximate surface area is 122 Å². The second-order valence-corrected chi connectivity index (χ2v) is 6.32. The second-order valence-electron chi connectivity index (χ2n) is 4.29. The van der Waals surface area contributed by atoms with Crippen LogP contribution in [-0.2, 0) is 0 Å². The summed E-state index contributed by atoms with van der Waals surface area (Å²) in [4.78, 5) is 12.4. The number of nitrogens with one attached hydrogen (secondary N) is 1. The van der Waals surface area contributed by atoms with Crippen LogP contribution in [0.2, 0.25) is 0 Å². The maximum atomic E-state index is 10.6. The smallest absolute Gasteiger partial charge is 0.269 e. The molecule has 2 unspecified atom stereocenters. The summed E-state index contributed by atoms with van der Waals surface area (Å²) in [5, 5.41) is 16.4. The van der Waals surface area contributed by atoms with E-state index in [0.717, 1.165) is 23.3 Å². The number of hydrogen-bond acceptors (Lipinski definition) is 6. The van der Waals surface area contributed by atoms with Crippen molar-refractivity contribution >= 4 is 39.2 Å². The SMILES string of the molecule is O=[N+]([O-])c1ccc(C2=NNC3SC(CBr)CN23)cc1. The van der Waals surface area contributed by atoms with Crippen LogP contribution in [0.4, 0.5) is 5.69 Å². The van der Waals surface area contributed by atoms with E-state index in [9.17, 15) is 10.1 Å². The van der Waals surface area contributed by atoms with E-state index >= 15 is 0 Å². The fraction of sp³-hybridized carbons (Fsp3) is 0.364. The van der Waals surface area contributed by atoms with E-state index in [1.165, 1.54) is 12.1 Å².